The van der Waals surface area contributed by atoms with Crippen molar-refractivity contribution >= 4 is 11.9 Å². The van der Waals surface area contributed by atoms with Crippen molar-refractivity contribution in [2.75, 3.05) is 13.2 Å². The number of carbonyl (C=O) groups is 2. The lowest BCUT2D eigenvalue weighted by Gasteiger charge is -2.15. The molecule has 0 aromatic carbocycles. The number of ether oxygens (including phenoxy) is 2. The lowest BCUT2D eigenvalue weighted by atomic mass is 10.0. The van der Waals surface area contributed by atoms with E-state index in [4.69, 9.17) is 9.47 Å². The third-order valence-electron chi connectivity index (χ3n) is 11.6. The van der Waals surface area contributed by atoms with Crippen LogP contribution in [0.4, 0.5) is 0 Å². The summed E-state index contributed by atoms with van der Waals surface area (Å²) in [6.07, 6.45) is 80.5. The van der Waals surface area contributed by atoms with E-state index in [0.717, 1.165) is 103 Å². The maximum absolute atomic E-state index is 12.3. The van der Waals surface area contributed by atoms with Crippen molar-refractivity contribution in [2.24, 2.45) is 0 Å². The van der Waals surface area contributed by atoms with Crippen molar-refractivity contribution in [1.82, 2.24) is 0 Å². The number of hydrogen-bond donors (Lipinski definition) is 1. The summed E-state index contributed by atoms with van der Waals surface area (Å²) >= 11 is 0. The van der Waals surface area contributed by atoms with Crippen LogP contribution in [-0.4, -0.2) is 36.4 Å². The molecule has 5 heteroatoms. The minimum Gasteiger partial charge on any atom is -0.462 e. The highest BCUT2D eigenvalue weighted by atomic mass is 16.6. The van der Waals surface area contributed by atoms with E-state index in [1.54, 1.807) is 0 Å². The second-order valence-electron chi connectivity index (χ2n) is 17.9. The van der Waals surface area contributed by atoms with Gasteiger partial charge in [0.05, 0.1) is 6.61 Å². The summed E-state index contributed by atoms with van der Waals surface area (Å²) in [5.74, 6) is -0.604. The van der Waals surface area contributed by atoms with Crippen molar-refractivity contribution in [3.8, 4) is 0 Å². The van der Waals surface area contributed by atoms with Crippen LogP contribution >= 0.6 is 0 Å². The second kappa shape index (κ2) is 55.9. The van der Waals surface area contributed by atoms with Gasteiger partial charge in [-0.15, -0.1) is 0 Å². The lowest BCUT2D eigenvalue weighted by molar-refractivity contribution is -0.161. The van der Waals surface area contributed by atoms with Gasteiger partial charge in [0.1, 0.15) is 6.61 Å². The van der Waals surface area contributed by atoms with Gasteiger partial charge < -0.3 is 14.6 Å². The number of hydrogen-bond acceptors (Lipinski definition) is 5. The molecule has 0 amide bonds. The van der Waals surface area contributed by atoms with Crippen molar-refractivity contribution in [1.29, 1.82) is 0 Å². The number of carbonyl (C=O) groups excluding carboxylic acids is 2. The van der Waals surface area contributed by atoms with Crippen LogP contribution in [0.25, 0.3) is 0 Å². The van der Waals surface area contributed by atoms with Crippen LogP contribution < -0.4 is 0 Å². The summed E-state index contributed by atoms with van der Waals surface area (Å²) in [6.45, 7) is 3.91. The summed E-state index contributed by atoms with van der Waals surface area (Å²) in [7, 11) is 0. The van der Waals surface area contributed by atoms with Gasteiger partial charge in [-0.2, -0.15) is 0 Å². The first kappa shape index (κ1) is 62.6. The predicted octanol–water partition coefficient (Wildman–Crippen LogP) is 18.5. The quantitative estimate of drug-likeness (QED) is 0.0374. The van der Waals surface area contributed by atoms with E-state index in [-0.39, 0.29) is 25.2 Å². The molecule has 0 radical (unpaired) electrons. The molecule has 5 nitrogen and oxygen atoms in total. The highest BCUT2D eigenvalue weighted by Gasteiger charge is 2.16. The molecule has 1 unspecified atom stereocenters. The monoisotopic (exact) mass is 915 g/mol. The van der Waals surface area contributed by atoms with E-state index in [1.807, 2.05) is 0 Å². The van der Waals surface area contributed by atoms with Crippen molar-refractivity contribution in [3.05, 3.63) is 109 Å². The molecule has 1 N–H and O–H groups in total. The summed E-state index contributed by atoms with van der Waals surface area (Å²) in [4.78, 5) is 24.5. The van der Waals surface area contributed by atoms with Crippen molar-refractivity contribution in [3.63, 3.8) is 0 Å². The number of unbranched alkanes of at least 4 members (excludes halogenated alkanes) is 23. The number of rotatable bonds is 49. The smallest absolute Gasteiger partial charge is 0.306 e. The van der Waals surface area contributed by atoms with Gasteiger partial charge in [-0.05, 0) is 96.3 Å². The number of allylic oxidation sites excluding steroid dienone is 18. The van der Waals surface area contributed by atoms with Crippen LogP contribution in [0, 0.1) is 0 Å². The molecular formula is C61H102O5. The van der Waals surface area contributed by atoms with Gasteiger partial charge in [0, 0.05) is 12.8 Å². The van der Waals surface area contributed by atoms with Crippen molar-refractivity contribution in [2.45, 2.75) is 251 Å². The molecule has 0 saturated heterocycles. The Morgan fingerprint density at radius 3 is 0.909 bits per heavy atom. The summed E-state index contributed by atoms with van der Waals surface area (Å²) < 4.78 is 10.7. The maximum atomic E-state index is 12.3. The number of esters is 2. The molecule has 0 aromatic heterocycles. The zero-order valence-electron chi connectivity index (χ0n) is 42.9. The first-order chi connectivity index (χ1) is 32.6. The van der Waals surface area contributed by atoms with Crippen LogP contribution in [-0.2, 0) is 19.1 Å². The normalized spacial score (nSPS) is 13.1. The van der Waals surface area contributed by atoms with Crippen LogP contribution in [0.2, 0.25) is 0 Å². The van der Waals surface area contributed by atoms with Gasteiger partial charge >= 0.3 is 11.9 Å². The predicted molar refractivity (Wildman–Crippen MR) is 288 cm³/mol. The van der Waals surface area contributed by atoms with E-state index in [0.29, 0.717) is 12.8 Å². The Kier molecular flexibility index (Phi) is 53.0. The summed E-state index contributed by atoms with van der Waals surface area (Å²) in [5, 5.41) is 9.65. The molecule has 376 valence electrons. The largest absolute Gasteiger partial charge is 0.462 e. The van der Waals surface area contributed by atoms with E-state index in [1.165, 1.54) is 116 Å². The maximum Gasteiger partial charge on any atom is 0.306 e. The Morgan fingerprint density at radius 2 is 0.606 bits per heavy atom. The molecule has 0 aliphatic carbocycles. The molecule has 0 fully saturated rings. The molecular weight excluding hydrogens is 813 g/mol. The average molecular weight is 915 g/mol. The van der Waals surface area contributed by atoms with E-state index >= 15 is 0 Å². The second-order valence-corrected chi connectivity index (χ2v) is 17.9. The molecule has 1 atom stereocenters. The molecule has 0 spiro atoms. The van der Waals surface area contributed by atoms with Gasteiger partial charge in [0.25, 0.3) is 0 Å². The Labute approximate surface area is 408 Å². The molecule has 0 aromatic rings. The van der Waals surface area contributed by atoms with E-state index in [2.05, 4.69) is 123 Å². The van der Waals surface area contributed by atoms with Crippen LogP contribution in [0.15, 0.2) is 109 Å². The molecule has 0 saturated carbocycles. The third-order valence-corrected chi connectivity index (χ3v) is 11.6. The first-order valence-corrected chi connectivity index (χ1v) is 27.4. The molecule has 0 bridgehead atoms. The van der Waals surface area contributed by atoms with Crippen LogP contribution in [0.5, 0.6) is 0 Å². The van der Waals surface area contributed by atoms with Crippen molar-refractivity contribution < 1.29 is 24.2 Å². The van der Waals surface area contributed by atoms with Gasteiger partial charge in [0.2, 0.25) is 0 Å². The Bertz CT molecular complexity index is 1310. The topological polar surface area (TPSA) is 72.8 Å². The fourth-order valence-corrected chi connectivity index (χ4v) is 7.51. The molecule has 66 heavy (non-hydrogen) atoms. The molecule has 0 heterocycles. The highest BCUT2D eigenvalue weighted by Crippen LogP contribution is 2.16. The minimum absolute atomic E-state index is 0.0749. The van der Waals surface area contributed by atoms with Gasteiger partial charge in [-0.25, -0.2) is 0 Å². The Hall–Kier alpha value is -3.44. The average Bonchev–Trinajstić information content (AvgIpc) is 3.32. The van der Waals surface area contributed by atoms with E-state index < -0.39 is 6.10 Å². The Morgan fingerprint density at radius 1 is 0.348 bits per heavy atom. The van der Waals surface area contributed by atoms with Crippen LogP contribution in [0.3, 0.4) is 0 Å². The fourth-order valence-electron chi connectivity index (χ4n) is 7.51. The summed E-state index contributed by atoms with van der Waals surface area (Å²) in [5.41, 5.74) is 0. The molecule has 0 aliphatic rings. The van der Waals surface area contributed by atoms with Crippen LogP contribution in [0.1, 0.15) is 245 Å². The number of aliphatic hydroxyl groups is 1. The van der Waals surface area contributed by atoms with Gasteiger partial charge in [0.15, 0.2) is 6.10 Å². The zero-order valence-corrected chi connectivity index (χ0v) is 42.9. The standard InChI is InChI=1S/C61H102O5/c1-3-5-7-9-11-13-15-17-19-21-23-25-27-28-29-30-31-32-34-35-37-39-41-43-45-47-49-51-53-55-60(63)65-58-59(57-62)66-61(64)56-54-52-50-48-46-44-42-40-38-36-33-26-24-22-20-18-16-14-12-10-8-6-4-2/h5-8,11-14,17-20,23-26,36,38,59,62H,3-4,9-10,15-16,21-22,27-35,37,39-58H2,1-2H3/b7-5-,8-6-,13-11-,14-12-,19-17-,20-18-,25-23-,26-24-,38-36-. The molecule has 0 aliphatic heterocycles. The summed E-state index contributed by atoms with van der Waals surface area (Å²) in [6, 6.07) is 0. The SMILES string of the molecule is CC/C=C\C/C=C\C/C=C\C/C=C\C/C=C\CCCCCCCCCC(=O)OC(CO)COC(=O)CCCCCCCCCCCCCCCCCC/C=C\C/C=C\C/C=C\C/C=C\CC. The fraction of sp³-hybridized carbons (Fsp3) is 0.672. The third kappa shape index (κ3) is 53.2. The van der Waals surface area contributed by atoms with E-state index in [9.17, 15) is 14.7 Å². The highest BCUT2D eigenvalue weighted by molar-refractivity contribution is 5.70. The van der Waals surface area contributed by atoms with Gasteiger partial charge in [-0.1, -0.05) is 245 Å². The molecule has 0 rings (SSSR count). The number of aliphatic hydroxyl groups excluding tert-OH is 1. The zero-order chi connectivity index (χ0) is 47.7. The lowest BCUT2D eigenvalue weighted by Crippen LogP contribution is -2.28. The van der Waals surface area contributed by atoms with Gasteiger partial charge in [-0.3, -0.25) is 9.59 Å². The minimum atomic E-state index is -0.785. The first-order valence-electron chi connectivity index (χ1n) is 27.4. The Balaban J connectivity index is 3.52.